The molecule has 1 heterocycles. The summed E-state index contributed by atoms with van der Waals surface area (Å²) in [6, 6.07) is 2.52. The van der Waals surface area contributed by atoms with Crippen molar-refractivity contribution in [2.45, 2.75) is 31.9 Å². The van der Waals surface area contributed by atoms with E-state index in [0.717, 1.165) is 19.4 Å². The second-order valence-corrected chi connectivity index (χ2v) is 4.90. The second kappa shape index (κ2) is 6.30. The Bertz CT molecular complexity index is 440. The van der Waals surface area contributed by atoms with E-state index in [1.807, 2.05) is 4.90 Å². The third kappa shape index (κ3) is 3.42. The van der Waals surface area contributed by atoms with Gasteiger partial charge in [-0.3, -0.25) is 4.90 Å². The molecule has 1 aromatic carbocycles. The molecule has 0 radical (unpaired) electrons. The molecule has 1 fully saturated rings. The molecular weight excluding hydrogens is 252 g/mol. The van der Waals surface area contributed by atoms with Crippen molar-refractivity contribution in [3.8, 4) is 5.75 Å². The lowest BCUT2D eigenvalue weighted by molar-refractivity contribution is 0.154. The topological polar surface area (TPSA) is 32.7 Å². The van der Waals surface area contributed by atoms with Gasteiger partial charge in [0.1, 0.15) is 5.82 Å². The van der Waals surface area contributed by atoms with Crippen molar-refractivity contribution < 1.29 is 18.6 Å². The molecule has 1 aliphatic heterocycles. The van der Waals surface area contributed by atoms with Crippen molar-refractivity contribution in [3.63, 3.8) is 0 Å². The van der Waals surface area contributed by atoms with Gasteiger partial charge in [-0.05, 0) is 37.9 Å². The van der Waals surface area contributed by atoms with Crippen LogP contribution >= 0.6 is 0 Å². The third-order valence-corrected chi connectivity index (χ3v) is 3.54. The number of hydrogen-bond acceptors (Lipinski definition) is 3. The number of ether oxygens (including phenoxy) is 1. The highest BCUT2D eigenvalue weighted by Crippen LogP contribution is 2.25. The Hall–Kier alpha value is -1.20. The number of halogens is 2. The lowest BCUT2D eigenvalue weighted by Gasteiger charge is -2.21. The lowest BCUT2D eigenvalue weighted by Crippen LogP contribution is -2.26. The lowest BCUT2D eigenvalue weighted by atomic mass is 10.1. The predicted molar refractivity (Wildman–Crippen MR) is 68.0 cm³/mol. The van der Waals surface area contributed by atoms with Gasteiger partial charge in [-0.25, -0.2) is 8.78 Å². The molecule has 1 N–H and O–H groups in total. The third-order valence-electron chi connectivity index (χ3n) is 3.54. The SMILES string of the molecule is COc1ccc(F)c(CN2CCC[C@H](O)CC2)c1F. The first kappa shape index (κ1) is 14.2. The predicted octanol–water partition coefficient (Wildman–Crippen LogP) is 2.32. The molecule has 1 atom stereocenters. The summed E-state index contributed by atoms with van der Waals surface area (Å²) in [4.78, 5) is 1.97. The van der Waals surface area contributed by atoms with Gasteiger partial charge in [0.25, 0.3) is 0 Å². The Morgan fingerprint density at radius 1 is 1.32 bits per heavy atom. The van der Waals surface area contributed by atoms with Crippen molar-refractivity contribution in [2.24, 2.45) is 0 Å². The van der Waals surface area contributed by atoms with Gasteiger partial charge < -0.3 is 9.84 Å². The molecule has 5 heteroatoms. The monoisotopic (exact) mass is 271 g/mol. The first-order valence-electron chi connectivity index (χ1n) is 6.53. The molecule has 0 amide bonds. The quantitative estimate of drug-likeness (QED) is 0.915. The average Bonchev–Trinajstić information content (AvgIpc) is 2.60. The van der Waals surface area contributed by atoms with E-state index in [9.17, 15) is 13.9 Å². The molecule has 0 bridgehead atoms. The first-order valence-corrected chi connectivity index (χ1v) is 6.53. The number of methoxy groups -OCH3 is 1. The minimum Gasteiger partial charge on any atom is -0.494 e. The smallest absolute Gasteiger partial charge is 0.172 e. The zero-order chi connectivity index (χ0) is 13.8. The average molecular weight is 271 g/mol. The Balaban J connectivity index is 2.14. The molecule has 0 saturated carbocycles. The summed E-state index contributed by atoms with van der Waals surface area (Å²) in [6.07, 6.45) is 1.94. The molecule has 3 nitrogen and oxygen atoms in total. The highest BCUT2D eigenvalue weighted by molar-refractivity contribution is 5.32. The Morgan fingerprint density at radius 2 is 2.11 bits per heavy atom. The van der Waals surface area contributed by atoms with Gasteiger partial charge >= 0.3 is 0 Å². The molecule has 106 valence electrons. The van der Waals surface area contributed by atoms with Crippen LogP contribution in [0.3, 0.4) is 0 Å². The van der Waals surface area contributed by atoms with Gasteiger partial charge in [0.15, 0.2) is 11.6 Å². The highest BCUT2D eigenvalue weighted by Gasteiger charge is 2.20. The summed E-state index contributed by atoms with van der Waals surface area (Å²) in [6.45, 7) is 1.60. The number of aliphatic hydroxyl groups is 1. The fourth-order valence-corrected chi connectivity index (χ4v) is 2.40. The van der Waals surface area contributed by atoms with Crippen LogP contribution in [0.1, 0.15) is 24.8 Å². The number of hydrogen-bond donors (Lipinski definition) is 1. The van der Waals surface area contributed by atoms with Gasteiger partial charge in [-0.2, -0.15) is 0 Å². The van der Waals surface area contributed by atoms with Crippen LogP contribution in [-0.2, 0) is 6.54 Å². The van der Waals surface area contributed by atoms with E-state index >= 15 is 0 Å². The summed E-state index contributed by atoms with van der Waals surface area (Å²) >= 11 is 0. The van der Waals surface area contributed by atoms with Crippen molar-refractivity contribution in [1.29, 1.82) is 0 Å². The molecular formula is C14H19F2NO2. The molecule has 0 aliphatic carbocycles. The van der Waals surface area contributed by atoms with Crippen molar-refractivity contribution >= 4 is 0 Å². The molecule has 2 rings (SSSR count). The normalized spacial score (nSPS) is 21.2. The van der Waals surface area contributed by atoms with Crippen LogP contribution in [0.25, 0.3) is 0 Å². The van der Waals surface area contributed by atoms with Crippen LogP contribution in [0.5, 0.6) is 5.75 Å². The van der Waals surface area contributed by atoms with E-state index in [2.05, 4.69) is 0 Å². The minimum absolute atomic E-state index is 0.0377. The first-order chi connectivity index (χ1) is 9.11. The standard InChI is InChI=1S/C14H19F2NO2/c1-19-13-5-4-12(15)11(14(13)16)9-17-7-2-3-10(18)6-8-17/h4-5,10,18H,2-3,6-9H2,1H3/t10-/m0/s1. The molecule has 1 aliphatic rings. The van der Waals surface area contributed by atoms with E-state index in [1.54, 1.807) is 0 Å². The van der Waals surface area contributed by atoms with Gasteiger partial charge in [-0.15, -0.1) is 0 Å². The minimum atomic E-state index is -0.632. The van der Waals surface area contributed by atoms with Gasteiger partial charge in [0.05, 0.1) is 13.2 Å². The largest absolute Gasteiger partial charge is 0.494 e. The van der Waals surface area contributed by atoms with E-state index < -0.39 is 11.6 Å². The molecule has 0 aromatic heterocycles. The molecule has 1 saturated heterocycles. The van der Waals surface area contributed by atoms with Gasteiger partial charge in [0, 0.05) is 18.7 Å². The van der Waals surface area contributed by atoms with Crippen molar-refractivity contribution in [1.82, 2.24) is 4.90 Å². The van der Waals surface area contributed by atoms with Gasteiger partial charge in [-0.1, -0.05) is 0 Å². The maximum atomic E-state index is 14.0. The Kier molecular flexibility index (Phi) is 4.71. The van der Waals surface area contributed by atoms with Crippen LogP contribution in [0, 0.1) is 11.6 Å². The Labute approximate surface area is 111 Å². The van der Waals surface area contributed by atoms with Gasteiger partial charge in [0.2, 0.25) is 0 Å². The summed E-state index contributed by atoms with van der Waals surface area (Å²) in [5, 5.41) is 9.57. The molecule has 1 aromatic rings. The molecule has 19 heavy (non-hydrogen) atoms. The number of aliphatic hydroxyl groups excluding tert-OH is 1. The van der Waals surface area contributed by atoms with E-state index in [1.165, 1.54) is 19.2 Å². The van der Waals surface area contributed by atoms with Crippen molar-refractivity contribution in [3.05, 3.63) is 29.3 Å². The van der Waals surface area contributed by atoms with Crippen molar-refractivity contribution in [2.75, 3.05) is 20.2 Å². The van der Waals surface area contributed by atoms with Crippen LogP contribution in [0.2, 0.25) is 0 Å². The number of rotatable bonds is 3. The van der Waals surface area contributed by atoms with Crippen LogP contribution in [0.4, 0.5) is 8.78 Å². The fraction of sp³-hybridized carbons (Fsp3) is 0.571. The summed E-state index contributed by atoms with van der Waals surface area (Å²) < 4.78 is 32.6. The van der Waals surface area contributed by atoms with Crippen LogP contribution in [-0.4, -0.2) is 36.3 Å². The number of likely N-dealkylation sites (tertiary alicyclic amines) is 1. The Morgan fingerprint density at radius 3 is 2.84 bits per heavy atom. The number of benzene rings is 1. The summed E-state index contributed by atoms with van der Waals surface area (Å²) in [5.74, 6) is -1.12. The fourth-order valence-electron chi connectivity index (χ4n) is 2.40. The van der Waals surface area contributed by atoms with Crippen LogP contribution < -0.4 is 4.74 Å². The zero-order valence-corrected chi connectivity index (χ0v) is 11.0. The van der Waals surface area contributed by atoms with Crippen LogP contribution in [0.15, 0.2) is 12.1 Å². The molecule has 0 unspecified atom stereocenters. The van der Waals surface area contributed by atoms with E-state index in [0.29, 0.717) is 13.0 Å². The summed E-state index contributed by atoms with van der Waals surface area (Å²) in [7, 11) is 1.36. The second-order valence-electron chi connectivity index (χ2n) is 4.90. The number of nitrogens with zero attached hydrogens (tertiary/aromatic N) is 1. The maximum Gasteiger partial charge on any atom is 0.172 e. The maximum absolute atomic E-state index is 14.0. The highest BCUT2D eigenvalue weighted by atomic mass is 19.1. The summed E-state index contributed by atoms with van der Waals surface area (Å²) in [5.41, 5.74) is 0.0377. The van der Waals surface area contributed by atoms with E-state index in [4.69, 9.17) is 4.74 Å². The molecule has 0 spiro atoms. The zero-order valence-electron chi connectivity index (χ0n) is 11.0. The van der Waals surface area contributed by atoms with E-state index in [-0.39, 0.29) is 24.0 Å².